The van der Waals surface area contributed by atoms with Gasteiger partial charge in [0, 0.05) is 25.2 Å². The summed E-state index contributed by atoms with van der Waals surface area (Å²) in [5, 5.41) is 6.08. The number of amides is 1. The Morgan fingerprint density at radius 2 is 1.83 bits per heavy atom. The summed E-state index contributed by atoms with van der Waals surface area (Å²) in [6.45, 7) is 1.26. The number of methoxy groups -OCH3 is 1. The molecule has 4 nitrogen and oxygen atoms in total. The molecular formula is C19H23FN2O2. The lowest BCUT2D eigenvalue weighted by atomic mass is 10.1. The molecule has 0 atom stereocenters. The van der Waals surface area contributed by atoms with Crippen LogP contribution in [0, 0.1) is 5.82 Å². The van der Waals surface area contributed by atoms with E-state index in [1.54, 1.807) is 19.2 Å². The second-order valence-corrected chi connectivity index (χ2v) is 5.45. The summed E-state index contributed by atoms with van der Waals surface area (Å²) in [7, 11) is 1.64. The zero-order valence-corrected chi connectivity index (χ0v) is 13.8. The number of benzene rings is 2. The number of rotatable bonds is 9. The molecule has 0 fully saturated rings. The predicted octanol–water partition coefficient (Wildman–Crippen LogP) is 3.39. The van der Waals surface area contributed by atoms with Crippen LogP contribution in [-0.4, -0.2) is 26.1 Å². The summed E-state index contributed by atoms with van der Waals surface area (Å²) >= 11 is 0. The summed E-state index contributed by atoms with van der Waals surface area (Å²) in [4.78, 5) is 11.8. The van der Waals surface area contributed by atoms with Gasteiger partial charge in [-0.2, -0.15) is 0 Å². The number of anilines is 1. The number of hydrogen-bond acceptors (Lipinski definition) is 3. The van der Waals surface area contributed by atoms with Crippen LogP contribution in [0.5, 0.6) is 5.75 Å². The second kappa shape index (κ2) is 9.55. The van der Waals surface area contributed by atoms with Gasteiger partial charge in [-0.3, -0.25) is 4.79 Å². The van der Waals surface area contributed by atoms with Crippen LogP contribution in [0.2, 0.25) is 0 Å². The highest BCUT2D eigenvalue weighted by Gasteiger charge is 2.04. The molecule has 0 bridgehead atoms. The van der Waals surface area contributed by atoms with Gasteiger partial charge in [-0.25, -0.2) is 4.39 Å². The lowest BCUT2D eigenvalue weighted by Gasteiger charge is -2.09. The van der Waals surface area contributed by atoms with Gasteiger partial charge in [0.25, 0.3) is 0 Å². The fourth-order valence-corrected chi connectivity index (χ4v) is 2.38. The SMILES string of the molecule is COc1ccccc1CCNC(=O)CCCNc1ccc(F)cc1. The van der Waals surface area contributed by atoms with E-state index >= 15 is 0 Å². The van der Waals surface area contributed by atoms with Gasteiger partial charge in [-0.05, 0) is 48.7 Å². The van der Waals surface area contributed by atoms with E-state index in [9.17, 15) is 9.18 Å². The van der Waals surface area contributed by atoms with Gasteiger partial charge in [-0.1, -0.05) is 18.2 Å². The molecule has 0 spiro atoms. The monoisotopic (exact) mass is 330 g/mol. The maximum atomic E-state index is 12.8. The lowest BCUT2D eigenvalue weighted by molar-refractivity contribution is -0.121. The number of halogens is 1. The van der Waals surface area contributed by atoms with Gasteiger partial charge >= 0.3 is 0 Å². The molecule has 0 unspecified atom stereocenters. The summed E-state index contributed by atoms with van der Waals surface area (Å²) < 4.78 is 18.1. The Kier molecular flexibility index (Phi) is 7.08. The zero-order chi connectivity index (χ0) is 17.2. The van der Waals surface area contributed by atoms with Crippen LogP contribution in [0.4, 0.5) is 10.1 Å². The summed E-state index contributed by atoms with van der Waals surface area (Å²) in [5.41, 5.74) is 1.94. The van der Waals surface area contributed by atoms with Crippen molar-refractivity contribution < 1.29 is 13.9 Å². The fourth-order valence-electron chi connectivity index (χ4n) is 2.38. The predicted molar refractivity (Wildman–Crippen MR) is 93.8 cm³/mol. The van der Waals surface area contributed by atoms with E-state index < -0.39 is 0 Å². The first-order chi connectivity index (χ1) is 11.7. The van der Waals surface area contributed by atoms with E-state index in [2.05, 4.69) is 10.6 Å². The van der Waals surface area contributed by atoms with Crippen LogP contribution in [0.15, 0.2) is 48.5 Å². The molecule has 2 N–H and O–H groups in total. The molecule has 128 valence electrons. The van der Waals surface area contributed by atoms with Crippen LogP contribution < -0.4 is 15.4 Å². The molecular weight excluding hydrogens is 307 g/mol. The van der Waals surface area contributed by atoms with Gasteiger partial charge in [0.05, 0.1) is 7.11 Å². The normalized spacial score (nSPS) is 10.2. The Balaban J connectivity index is 1.60. The molecule has 0 radical (unpaired) electrons. The highest BCUT2D eigenvalue weighted by atomic mass is 19.1. The second-order valence-electron chi connectivity index (χ2n) is 5.45. The molecule has 0 aliphatic carbocycles. The first-order valence-corrected chi connectivity index (χ1v) is 8.07. The largest absolute Gasteiger partial charge is 0.496 e. The van der Waals surface area contributed by atoms with Gasteiger partial charge < -0.3 is 15.4 Å². The molecule has 0 aliphatic heterocycles. The third-order valence-electron chi connectivity index (χ3n) is 3.66. The maximum Gasteiger partial charge on any atom is 0.220 e. The molecule has 0 saturated heterocycles. The van der Waals surface area contributed by atoms with Crippen molar-refractivity contribution in [1.29, 1.82) is 0 Å². The van der Waals surface area contributed by atoms with Gasteiger partial charge in [0.2, 0.25) is 5.91 Å². The van der Waals surface area contributed by atoms with E-state index in [4.69, 9.17) is 4.74 Å². The van der Waals surface area contributed by atoms with Crippen molar-refractivity contribution in [3.8, 4) is 5.75 Å². The highest BCUT2D eigenvalue weighted by Crippen LogP contribution is 2.17. The van der Waals surface area contributed by atoms with Gasteiger partial charge in [0.1, 0.15) is 11.6 Å². The van der Waals surface area contributed by atoms with Crippen LogP contribution in [-0.2, 0) is 11.2 Å². The molecule has 0 heterocycles. The summed E-state index contributed by atoms with van der Waals surface area (Å²) in [6, 6.07) is 14.0. The maximum absolute atomic E-state index is 12.8. The number of nitrogens with one attached hydrogen (secondary N) is 2. The molecule has 2 aromatic rings. The molecule has 2 rings (SSSR count). The van der Waals surface area contributed by atoms with Crippen molar-refractivity contribution in [2.45, 2.75) is 19.3 Å². The third kappa shape index (κ3) is 5.91. The average molecular weight is 330 g/mol. The molecule has 2 aromatic carbocycles. The van der Waals surface area contributed by atoms with Crippen molar-refractivity contribution in [1.82, 2.24) is 5.32 Å². The van der Waals surface area contributed by atoms with Crippen LogP contribution in [0.1, 0.15) is 18.4 Å². The highest BCUT2D eigenvalue weighted by molar-refractivity contribution is 5.75. The Hall–Kier alpha value is -2.56. The third-order valence-corrected chi connectivity index (χ3v) is 3.66. The van der Waals surface area contributed by atoms with E-state index in [0.717, 1.165) is 29.8 Å². The summed E-state index contributed by atoms with van der Waals surface area (Å²) in [6.07, 6.45) is 1.92. The van der Waals surface area contributed by atoms with E-state index in [-0.39, 0.29) is 11.7 Å². The van der Waals surface area contributed by atoms with Gasteiger partial charge in [0.15, 0.2) is 0 Å². The van der Waals surface area contributed by atoms with Crippen molar-refractivity contribution in [3.63, 3.8) is 0 Å². The first kappa shape index (κ1) is 17.8. The van der Waals surface area contributed by atoms with Crippen molar-refractivity contribution in [2.75, 3.05) is 25.5 Å². The number of ether oxygens (including phenoxy) is 1. The molecule has 0 aliphatic rings. The van der Waals surface area contributed by atoms with Crippen molar-refractivity contribution in [2.24, 2.45) is 0 Å². The van der Waals surface area contributed by atoms with Crippen LogP contribution >= 0.6 is 0 Å². The van der Waals surface area contributed by atoms with Crippen molar-refractivity contribution in [3.05, 3.63) is 59.9 Å². The lowest BCUT2D eigenvalue weighted by Crippen LogP contribution is -2.26. The quantitative estimate of drug-likeness (QED) is 0.693. The average Bonchev–Trinajstić information content (AvgIpc) is 2.60. The molecule has 1 amide bonds. The number of para-hydroxylation sites is 1. The number of hydrogen-bond donors (Lipinski definition) is 2. The number of carbonyl (C=O) groups is 1. The fraction of sp³-hybridized carbons (Fsp3) is 0.316. The Morgan fingerprint density at radius 3 is 2.58 bits per heavy atom. The van der Waals surface area contributed by atoms with Crippen LogP contribution in [0.25, 0.3) is 0 Å². The topological polar surface area (TPSA) is 50.4 Å². The Bertz CT molecular complexity index is 644. The smallest absolute Gasteiger partial charge is 0.220 e. The molecule has 0 aromatic heterocycles. The van der Waals surface area contributed by atoms with E-state index in [1.807, 2.05) is 24.3 Å². The van der Waals surface area contributed by atoms with Gasteiger partial charge in [-0.15, -0.1) is 0 Å². The minimum Gasteiger partial charge on any atom is -0.496 e. The minimum absolute atomic E-state index is 0.0332. The zero-order valence-electron chi connectivity index (χ0n) is 13.8. The van der Waals surface area contributed by atoms with Crippen molar-refractivity contribution >= 4 is 11.6 Å². The first-order valence-electron chi connectivity index (χ1n) is 8.07. The number of carbonyl (C=O) groups excluding carboxylic acids is 1. The standard InChI is InChI=1S/C19H23FN2O2/c1-24-18-6-3-2-5-15(18)12-14-22-19(23)7-4-13-21-17-10-8-16(20)9-11-17/h2-3,5-6,8-11,21H,4,7,12-14H2,1H3,(H,22,23). The van der Waals surface area contributed by atoms with Crippen LogP contribution in [0.3, 0.4) is 0 Å². The Labute approximate surface area is 142 Å². The Morgan fingerprint density at radius 1 is 1.08 bits per heavy atom. The molecule has 24 heavy (non-hydrogen) atoms. The minimum atomic E-state index is -0.255. The molecule has 5 heteroatoms. The van der Waals surface area contributed by atoms with E-state index in [1.165, 1.54) is 12.1 Å². The summed E-state index contributed by atoms with van der Waals surface area (Å²) in [5.74, 6) is 0.621. The van der Waals surface area contributed by atoms with E-state index in [0.29, 0.717) is 19.5 Å². The molecule has 0 saturated carbocycles.